The van der Waals surface area contributed by atoms with E-state index in [9.17, 15) is 13.2 Å². The van der Waals surface area contributed by atoms with Crippen LogP contribution in [-0.2, 0) is 14.8 Å². The largest absolute Gasteiger partial charge is 0.325 e. The molecule has 0 aliphatic rings. The van der Waals surface area contributed by atoms with Crippen molar-refractivity contribution >= 4 is 48.9 Å². The Morgan fingerprint density at radius 2 is 1.71 bits per heavy atom. The number of fused-ring (bicyclic) bond motifs is 1. The Bertz CT molecular complexity index is 1370. The fraction of sp³-hybridized carbons (Fsp3) is 0.200. The van der Waals surface area contributed by atoms with Crippen LogP contribution in [0.15, 0.2) is 83.8 Å². The van der Waals surface area contributed by atoms with Crippen LogP contribution >= 0.6 is 11.3 Å². The Morgan fingerprint density at radius 1 is 1.00 bits per heavy atom. The molecule has 34 heavy (non-hydrogen) atoms. The maximum absolute atomic E-state index is 13.1. The molecule has 0 aliphatic carbocycles. The molecule has 0 radical (unpaired) electrons. The highest BCUT2D eigenvalue weighted by Crippen LogP contribution is 2.29. The van der Waals surface area contributed by atoms with Crippen molar-refractivity contribution in [1.29, 1.82) is 0 Å². The van der Waals surface area contributed by atoms with E-state index in [0.29, 0.717) is 11.4 Å². The number of benzene rings is 3. The topological polar surface area (TPSA) is 82.6 Å². The first-order chi connectivity index (χ1) is 16.3. The van der Waals surface area contributed by atoms with Crippen LogP contribution in [0, 0.1) is 0 Å². The van der Waals surface area contributed by atoms with Gasteiger partial charge in [0, 0.05) is 12.7 Å². The monoisotopic (exact) mass is 494 g/mol. The molecule has 1 heterocycles. The zero-order valence-corrected chi connectivity index (χ0v) is 20.8. The Morgan fingerprint density at radius 3 is 2.44 bits per heavy atom. The number of aromatic nitrogens is 1. The molecule has 7 nitrogen and oxygen atoms in total. The van der Waals surface area contributed by atoms with Gasteiger partial charge in [0.15, 0.2) is 0 Å². The quantitative estimate of drug-likeness (QED) is 0.382. The summed E-state index contributed by atoms with van der Waals surface area (Å²) in [5.74, 6) is -0.235. The molecule has 0 aliphatic heterocycles. The minimum Gasteiger partial charge on any atom is -0.325 e. The second-order valence-electron chi connectivity index (χ2n) is 8.00. The number of likely N-dealkylation sites (N-methyl/N-ethyl adjacent to an activating group) is 1. The lowest BCUT2D eigenvalue weighted by Crippen LogP contribution is -2.32. The summed E-state index contributed by atoms with van der Waals surface area (Å²) in [6.07, 6.45) is 0. The summed E-state index contributed by atoms with van der Waals surface area (Å²) in [5.41, 5.74) is 1.93. The van der Waals surface area contributed by atoms with E-state index < -0.39 is 10.0 Å². The summed E-state index contributed by atoms with van der Waals surface area (Å²) in [6, 6.07) is 23.0. The lowest BCUT2D eigenvalue weighted by molar-refractivity contribution is -0.117. The molecular weight excluding hydrogens is 468 g/mol. The third-order valence-corrected chi connectivity index (χ3v) is 8.61. The molecule has 9 heteroatoms. The predicted octanol–water partition coefficient (Wildman–Crippen LogP) is 4.75. The lowest BCUT2D eigenvalue weighted by Gasteiger charge is -2.22. The summed E-state index contributed by atoms with van der Waals surface area (Å²) in [7, 11) is -0.396. The summed E-state index contributed by atoms with van der Waals surface area (Å²) in [4.78, 5) is 19.4. The van der Waals surface area contributed by atoms with Crippen LogP contribution in [0.4, 0.5) is 11.4 Å². The Labute approximate surface area is 203 Å². The van der Waals surface area contributed by atoms with Gasteiger partial charge < -0.3 is 5.32 Å². The van der Waals surface area contributed by atoms with Gasteiger partial charge in [0.25, 0.3) is 10.0 Å². The molecule has 4 rings (SSSR count). The average molecular weight is 495 g/mol. The Balaban J connectivity index is 1.43. The number of nitrogens with zero attached hydrogens (tertiary/aromatic N) is 3. The molecule has 4 aromatic rings. The second-order valence-corrected chi connectivity index (χ2v) is 11.0. The Hall–Kier alpha value is -3.27. The van der Waals surface area contributed by atoms with Crippen molar-refractivity contribution in [3.63, 3.8) is 0 Å². The van der Waals surface area contributed by atoms with Gasteiger partial charge in [-0.15, -0.1) is 11.3 Å². The van der Waals surface area contributed by atoms with E-state index in [-0.39, 0.29) is 23.4 Å². The van der Waals surface area contributed by atoms with Crippen molar-refractivity contribution in [3.05, 3.63) is 83.9 Å². The number of nitrogens with one attached hydrogen (secondary N) is 1. The van der Waals surface area contributed by atoms with Gasteiger partial charge in [0.2, 0.25) is 5.91 Å². The molecule has 1 amide bonds. The minimum absolute atomic E-state index is 0.0469. The molecule has 0 bridgehead atoms. The minimum atomic E-state index is -3.77. The van der Waals surface area contributed by atoms with Crippen LogP contribution in [0.1, 0.15) is 18.0 Å². The molecule has 3 aromatic carbocycles. The molecule has 0 saturated heterocycles. The van der Waals surface area contributed by atoms with E-state index in [1.165, 1.54) is 23.5 Å². The smallest absolute Gasteiger partial charge is 0.264 e. The Kier molecular flexibility index (Phi) is 6.97. The fourth-order valence-electron chi connectivity index (χ4n) is 3.49. The van der Waals surface area contributed by atoms with Crippen LogP contribution in [0.2, 0.25) is 0 Å². The van der Waals surface area contributed by atoms with E-state index in [0.717, 1.165) is 15.2 Å². The van der Waals surface area contributed by atoms with Crippen molar-refractivity contribution in [2.75, 3.05) is 30.3 Å². The van der Waals surface area contributed by atoms with Gasteiger partial charge in [-0.3, -0.25) is 14.0 Å². The number of thiazole rings is 1. The van der Waals surface area contributed by atoms with Gasteiger partial charge in [-0.2, -0.15) is 0 Å². The molecule has 1 atom stereocenters. The molecule has 0 unspecified atom stereocenters. The number of rotatable bonds is 8. The van der Waals surface area contributed by atoms with Crippen molar-refractivity contribution in [2.24, 2.45) is 0 Å². The number of anilines is 2. The number of amides is 1. The second kappa shape index (κ2) is 9.92. The molecule has 0 saturated carbocycles. The summed E-state index contributed by atoms with van der Waals surface area (Å²) in [6.45, 7) is 2.15. The van der Waals surface area contributed by atoms with Crippen molar-refractivity contribution in [1.82, 2.24) is 9.88 Å². The summed E-state index contributed by atoms with van der Waals surface area (Å²) >= 11 is 1.61. The van der Waals surface area contributed by atoms with Gasteiger partial charge in [0.1, 0.15) is 5.01 Å². The zero-order chi connectivity index (χ0) is 24.3. The average Bonchev–Trinajstić information content (AvgIpc) is 3.28. The van der Waals surface area contributed by atoms with Crippen LogP contribution in [-0.4, -0.2) is 44.8 Å². The zero-order valence-electron chi connectivity index (χ0n) is 19.2. The third-order valence-electron chi connectivity index (χ3n) is 5.62. The van der Waals surface area contributed by atoms with Crippen LogP contribution in [0.25, 0.3) is 10.2 Å². The SMILES string of the molecule is C[C@@H](c1nc2ccccc2s1)N(C)CC(=O)Nc1cccc(S(=O)(=O)N(C)c2ccccc2)c1. The van der Waals surface area contributed by atoms with Gasteiger partial charge in [-0.25, -0.2) is 13.4 Å². The molecule has 0 spiro atoms. The molecule has 0 fully saturated rings. The van der Waals surface area contributed by atoms with Gasteiger partial charge in [-0.1, -0.05) is 36.4 Å². The molecule has 1 aromatic heterocycles. The molecular formula is C25H26N4O3S2. The first-order valence-corrected chi connectivity index (χ1v) is 13.0. The lowest BCUT2D eigenvalue weighted by atomic mass is 10.3. The standard InChI is InChI=1S/C25H26N4O3S2/c1-18(25-27-22-14-7-8-15-23(22)33-25)28(2)17-24(30)26-19-10-9-13-21(16-19)34(31,32)29(3)20-11-5-4-6-12-20/h4-16,18H,17H2,1-3H3,(H,26,30)/t18-/m0/s1. The van der Waals surface area contributed by atoms with Crippen molar-refractivity contribution in [3.8, 4) is 0 Å². The summed E-state index contributed by atoms with van der Waals surface area (Å²) in [5, 5.41) is 3.75. The molecule has 176 valence electrons. The first kappa shape index (κ1) is 23.9. The van der Waals surface area contributed by atoms with Crippen molar-refractivity contribution in [2.45, 2.75) is 17.9 Å². The van der Waals surface area contributed by atoms with Crippen molar-refractivity contribution < 1.29 is 13.2 Å². The first-order valence-electron chi connectivity index (χ1n) is 10.8. The highest BCUT2D eigenvalue weighted by atomic mass is 32.2. The van der Waals surface area contributed by atoms with E-state index >= 15 is 0 Å². The maximum atomic E-state index is 13.1. The number of hydrogen-bond acceptors (Lipinski definition) is 6. The normalized spacial score (nSPS) is 12.6. The highest BCUT2D eigenvalue weighted by molar-refractivity contribution is 7.92. The predicted molar refractivity (Wildman–Crippen MR) is 138 cm³/mol. The van der Waals surface area contributed by atoms with Crippen LogP contribution in [0.3, 0.4) is 0 Å². The number of sulfonamides is 1. The van der Waals surface area contributed by atoms with Gasteiger partial charge >= 0.3 is 0 Å². The van der Waals surface area contributed by atoms with Gasteiger partial charge in [0.05, 0.1) is 33.4 Å². The van der Waals surface area contributed by atoms with E-state index in [1.807, 2.05) is 49.2 Å². The number of carbonyl (C=O) groups excluding carboxylic acids is 1. The maximum Gasteiger partial charge on any atom is 0.264 e. The number of para-hydroxylation sites is 2. The molecule has 1 N–H and O–H groups in total. The van der Waals surface area contributed by atoms with E-state index in [2.05, 4.69) is 10.3 Å². The summed E-state index contributed by atoms with van der Waals surface area (Å²) < 4.78 is 28.5. The van der Waals surface area contributed by atoms with Crippen LogP contribution < -0.4 is 9.62 Å². The van der Waals surface area contributed by atoms with E-state index in [4.69, 9.17) is 0 Å². The fourth-order valence-corrected chi connectivity index (χ4v) is 5.82. The van der Waals surface area contributed by atoms with Gasteiger partial charge in [-0.05, 0) is 56.4 Å². The third kappa shape index (κ3) is 5.11. The number of hydrogen-bond donors (Lipinski definition) is 1. The van der Waals surface area contributed by atoms with E-state index in [1.54, 1.807) is 47.7 Å². The highest BCUT2D eigenvalue weighted by Gasteiger charge is 2.22. The van der Waals surface area contributed by atoms with Crippen LogP contribution in [0.5, 0.6) is 0 Å². The number of carbonyl (C=O) groups is 1.